The molecule has 0 radical (unpaired) electrons. The first-order valence-electron chi connectivity index (χ1n) is 7.09. The highest BCUT2D eigenvalue weighted by Gasteiger charge is 2.20. The number of benzene rings is 2. The molecule has 6 nitrogen and oxygen atoms in total. The van der Waals surface area contributed by atoms with Crippen molar-refractivity contribution in [1.29, 1.82) is 5.39 Å². The second-order valence-electron chi connectivity index (χ2n) is 4.88. The first-order valence-corrected chi connectivity index (χ1v) is 7.09. The molecule has 2 amide bonds. The zero-order valence-corrected chi connectivity index (χ0v) is 12.4. The van der Waals surface area contributed by atoms with Gasteiger partial charge in [0, 0.05) is 12.1 Å². The Morgan fingerprint density at radius 3 is 2.35 bits per heavy atom. The Hall–Kier alpha value is -3.33. The van der Waals surface area contributed by atoms with Crippen LogP contribution in [0, 0.1) is 5.39 Å². The lowest BCUT2D eigenvalue weighted by Gasteiger charge is -2.17. The maximum absolute atomic E-state index is 12.1. The minimum absolute atomic E-state index is 0.237. The van der Waals surface area contributed by atoms with Crippen LogP contribution >= 0.6 is 0 Å². The Morgan fingerprint density at radius 1 is 1.13 bits per heavy atom. The van der Waals surface area contributed by atoms with Gasteiger partial charge in [0.05, 0.1) is 6.04 Å². The predicted molar refractivity (Wildman–Crippen MR) is 88.3 cm³/mol. The third kappa shape index (κ3) is 5.17. The topological polar surface area (TPSA) is 89.5 Å². The molecular formula is C17H17N4O2+. The smallest absolute Gasteiger partial charge is 0.389 e. The minimum atomic E-state index is -0.711. The second kappa shape index (κ2) is 8.20. The van der Waals surface area contributed by atoms with Crippen molar-refractivity contribution in [1.82, 2.24) is 5.32 Å². The van der Waals surface area contributed by atoms with E-state index in [4.69, 9.17) is 5.39 Å². The molecule has 3 N–H and O–H groups in total. The highest BCUT2D eigenvalue weighted by molar-refractivity contribution is 5.89. The summed E-state index contributed by atoms with van der Waals surface area (Å²) in [5, 5.41) is 23.9. The van der Waals surface area contributed by atoms with E-state index in [0.717, 1.165) is 11.8 Å². The van der Waals surface area contributed by atoms with Crippen LogP contribution in [-0.2, 0) is 6.42 Å². The van der Waals surface area contributed by atoms with Gasteiger partial charge in [-0.15, -0.1) is 0 Å². The maximum atomic E-state index is 12.1. The van der Waals surface area contributed by atoms with Crippen molar-refractivity contribution in [3.05, 3.63) is 83.2 Å². The fourth-order valence-electron chi connectivity index (χ4n) is 2.08. The van der Waals surface area contributed by atoms with Crippen molar-refractivity contribution in [2.24, 2.45) is 0 Å². The largest absolute Gasteiger partial charge is 0.504 e. The average Bonchev–Trinajstić information content (AvgIpc) is 2.56. The number of hydrogen-bond donors (Lipinski definition) is 3. The number of anilines is 1. The molecule has 1 atom stereocenters. The number of nitrogens with one attached hydrogen (secondary N) is 2. The first-order chi connectivity index (χ1) is 11.2. The van der Waals surface area contributed by atoms with E-state index in [1.807, 2.05) is 36.4 Å². The van der Waals surface area contributed by atoms with Crippen LogP contribution in [0.3, 0.4) is 0 Å². The predicted octanol–water partition coefficient (Wildman–Crippen LogP) is 3.67. The highest BCUT2D eigenvalue weighted by Crippen LogP contribution is 2.10. The van der Waals surface area contributed by atoms with Gasteiger partial charge in [0.15, 0.2) is 4.98 Å². The molecule has 2 aromatic rings. The van der Waals surface area contributed by atoms with Crippen LogP contribution in [0.15, 0.2) is 72.6 Å². The van der Waals surface area contributed by atoms with Gasteiger partial charge < -0.3 is 15.7 Å². The summed E-state index contributed by atoms with van der Waals surface area (Å²) in [4.78, 5) is 14.9. The highest BCUT2D eigenvalue weighted by atomic mass is 16.3. The fourth-order valence-corrected chi connectivity index (χ4v) is 2.08. The van der Waals surface area contributed by atoms with E-state index in [9.17, 15) is 9.90 Å². The molecule has 2 rings (SSSR count). The monoisotopic (exact) mass is 309 g/mol. The van der Waals surface area contributed by atoms with Crippen LogP contribution in [0.4, 0.5) is 10.5 Å². The third-order valence-electron chi connectivity index (χ3n) is 3.17. The molecule has 0 saturated heterocycles. The Balaban J connectivity index is 2.07. The summed E-state index contributed by atoms with van der Waals surface area (Å²) in [6.45, 7) is 0. The summed E-state index contributed by atoms with van der Waals surface area (Å²) in [6, 6.07) is 17.2. The van der Waals surface area contributed by atoms with Gasteiger partial charge in [-0.1, -0.05) is 48.5 Å². The number of diazo groups is 1. The summed E-state index contributed by atoms with van der Waals surface area (Å²) in [5.41, 5.74) is 1.56. The first kappa shape index (κ1) is 16.0. The van der Waals surface area contributed by atoms with Crippen LogP contribution in [0.5, 0.6) is 0 Å². The van der Waals surface area contributed by atoms with Crippen molar-refractivity contribution in [3.8, 4) is 0 Å². The van der Waals surface area contributed by atoms with Crippen LogP contribution in [-0.4, -0.2) is 17.2 Å². The van der Waals surface area contributed by atoms with E-state index in [1.54, 1.807) is 24.3 Å². The maximum Gasteiger partial charge on any atom is 0.389 e. The Labute approximate surface area is 134 Å². The van der Waals surface area contributed by atoms with E-state index in [2.05, 4.69) is 15.6 Å². The van der Waals surface area contributed by atoms with Gasteiger partial charge in [-0.2, -0.15) is 0 Å². The van der Waals surface area contributed by atoms with E-state index in [-0.39, 0.29) is 5.76 Å². The molecule has 0 unspecified atom stereocenters. The normalized spacial score (nSPS) is 12.0. The molecule has 116 valence electrons. The Kier molecular flexibility index (Phi) is 5.72. The van der Waals surface area contributed by atoms with Crippen molar-refractivity contribution in [2.45, 2.75) is 12.5 Å². The van der Waals surface area contributed by atoms with Gasteiger partial charge in [-0.3, -0.25) is 0 Å². The summed E-state index contributed by atoms with van der Waals surface area (Å²) in [5.74, 6) is -0.237. The van der Waals surface area contributed by atoms with Crippen molar-refractivity contribution < 1.29 is 9.90 Å². The number of rotatable bonds is 5. The molecule has 0 heterocycles. The lowest BCUT2D eigenvalue weighted by molar-refractivity contribution is 0.245. The molecule has 6 heteroatoms. The summed E-state index contributed by atoms with van der Waals surface area (Å²) >= 11 is 0. The van der Waals surface area contributed by atoms with Gasteiger partial charge in [0.2, 0.25) is 11.2 Å². The quantitative estimate of drug-likeness (QED) is 0.581. The molecule has 0 aromatic heterocycles. The van der Waals surface area contributed by atoms with Crippen LogP contribution in [0.25, 0.3) is 4.98 Å². The van der Waals surface area contributed by atoms with Crippen molar-refractivity contribution in [2.75, 3.05) is 5.32 Å². The van der Waals surface area contributed by atoms with Crippen LogP contribution in [0.1, 0.15) is 5.56 Å². The zero-order valence-electron chi connectivity index (χ0n) is 12.4. The number of aliphatic hydroxyl groups is 1. The number of aliphatic hydroxyl groups excluding tert-OH is 1. The van der Waals surface area contributed by atoms with E-state index in [1.165, 1.54) is 0 Å². The van der Waals surface area contributed by atoms with Crippen molar-refractivity contribution in [3.63, 3.8) is 0 Å². The number of para-hydroxylation sites is 1. The number of amides is 2. The van der Waals surface area contributed by atoms with Crippen LogP contribution < -0.4 is 10.6 Å². The zero-order chi connectivity index (χ0) is 16.5. The molecule has 0 fully saturated rings. The standard InChI is InChI=1S/C17H16N4O2/c18-19-12-16(22)15(11-13-7-3-1-4-8-13)21-17(23)20-14-9-5-2-6-10-14/h1-10,12,15H,11H2,(H2-,20,21,22,23)/p+1/b16-12-/t15-/m1/s1. The molecule has 2 aromatic carbocycles. The van der Waals surface area contributed by atoms with E-state index < -0.39 is 12.1 Å². The molecule has 0 aliphatic heterocycles. The summed E-state index contributed by atoms with van der Waals surface area (Å²) in [6.07, 6.45) is 1.26. The number of urea groups is 1. The molecule has 0 bridgehead atoms. The summed E-state index contributed by atoms with van der Waals surface area (Å²) in [7, 11) is 0. The average molecular weight is 309 g/mol. The minimum Gasteiger partial charge on any atom is -0.504 e. The molecule has 0 spiro atoms. The summed E-state index contributed by atoms with van der Waals surface area (Å²) < 4.78 is 0. The van der Waals surface area contributed by atoms with Gasteiger partial charge >= 0.3 is 12.2 Å². The molecule has 0 aliphatic carbocycles. The van der Waals surface area contributed by atoms with Crippen LogP contribution in [0.2, 0.25) is 0 Å². The van der Waals surface area contributed by atoms with Gasteiger partial charge in [-0.25, -0.2) is 4.79 Å². The lowest BCUT2D eigenvalue weighted by atomic mass is 10.0. The van der Waals surface area contributed by atoms with Gasteiger partial charge in [0.25, 0.3) is 0 Å². The molecular weight excluding hydrogens is 292 g/mol. The number of carbonyl (C=O) groups excluding carboxylic acids is 1. The Morgan fingerprint density at radius 2 is 1.74 bits per heavy atom. The van der Waals surface area contributed by atoms with Gasteiger partial charge in [0.1, 0.15) is 0 Å². The molecule has 0 saturated carbocycles. The third-order valence-corrected chi connectivity index (χ3v) is 3.17. The fraction of sp³-hybridized carbons (Fsp3) is 0.118. The second-order valence-corrected chi connectivity index (χ2v) is 4.88. The number of carbonyl (C=O) groups is 1. The lowest BCUT2D eigenvalue weighted by Crippen LogP contribution is -2.40. The Bertz CT molecular complexity index is 708. The van der Waals surface area contributed by atoms with Crippen molar-refractivity contribution >= 4 is 11.7 Å². The van der Waals surface area contributed by atoms with E-state index >= 15 is 0 Å². The van der Waals surface area contributed by atoms with E-state index in [0.29, 0.717) is 12.1 Å². The number of nitrogens with zero attached hydrogens (tertiary/aromatic N) is 2. The molecule has 0 aliphatic rings. The van der Waals surface area contributed by atoms with Gasteiger partial charge in [-0.05, 0) is 17.7 Å². The molecule has 23 heavy (non-hydrogen) atoms. The number of hydrogen-bond acceptors (Lipinski definition) is 3. The SMILES string of the molecule is N#[N+]/C=C(\O)[C@@H](Cc1ccccc1)NC(=O)Nc1ccccc1.